The van der Waals surface area contributed by atoms with Crippen molar-refractivity contribution in [2.75, 3.05) is 63.8 Å². The number of nitrogens with one attached hydrogen (secondary N) is 1. The lowest BCUT2D eigenvalue weighted by molar-refractivity contribution is 0.0714. The molecular weight excluding hydrogens is 402 g/mol. The van der Waals surface area contributed by atoms with Crippen molar-refractivity contribution in [2.45, 2.75) is 0 Å². The van der Waals surface area contributed by atoms with E-state index in [4.69, 9.17) is 18.9 Å². The van der Waals surface area contributed by atoms with Gasteiger partial charge in [-0.2, -0.15) is 4.98 Å². The summed E-state index contributed by atoms with van der Waals surface area (Å²) in [6.45, 7) is 2.57. The minimum absolute atomic E-state index is 0.0261. The molecule has 3 heterocycles. The molecular formula is C21H25N5O5. The lowest BCUT2D eigenvalue weighted by atomic mass is 10.2. The largest absolute Gasteiger partial charge is 0.493 e. The molecule has 1 saturated heterocycles. The first-order valence-corrected chi connectivity index (χ1v) is 10.0. The summed E-state index contributed by atoms with van der Waals surface area (Å²) < 4.78 is 16.0. The second-order valence-corrected chi connectivity index (χ2v) is 7.00. The molecule has 0 radical (unpaired) electrons. The molecule has 0 aliphatic carbocycles. The summed E-state index contributed by atoms with van der Waals surface area (Å²) in [4.78, 5) is 25.7. The normalized spacial score (nSPS) is 14.0. The van der Waals surface area contributed by atoms with E-state index in [0.717, 1.165) is 5.39 Å². The minimum Gasteiger partial charge on any atom is -0.493 e. The van der Waals surface area contributed by atoms with Crippen LogP contribution in [0, 0.1) is 0 Å². The Labute approximate surface area is 179 Å². The highest BCUT2D eigenvalue weighted by Gasteiger charge is 2.25. The van der Waals surface area contributed by atoms with E-state index in [1.54, 1.807) is 37.3 Å². The molecule has 0 saturated carbocycles. The number of aromatic nitrogens is 2. The van der Waals surface area contributed by atoms with E-state index < -0.39 is 0 Å². The Hall–Kier alpha value is -3.53. The zero-order chi connectivity index (χ0) is 21.8. The van der Waals surface area contributed by atoms with Crippen molar-refractivity contribution in [1.29, 1.82) is 0 Å². The van der Waals surface area contributed by atoms with E-state index in [1.165, 1.54) is 6.26 Å². The fourth-order valence-electron chi connectivity index (χ4n) is 3.56. The monoisotopic (exact) mass is 427 g/mol. The van der Waals surface area contributed by atoms with Crippen LogP contribution in [0.2, 0.25) is 0 Å². The molecule has 164 valence electrons. The van der Waals surface area contributed by atoms with Gasteiger partial charge >= 0.3 is 0 Å². The summed E-state index contributed by atoms with van der Waals surface area (Å²) >= 11 is 0. The van der Waals surface area contributed by atoms with E-state index in [0.29, 0.717) is 67.3 Å². The summed E-state index contributed by atoms with van der Waals surface area (Å²) in [6, 6.07) is 7.00. The molecule has 1 fully saturated rings. The van der Waals surface area contributed by atoms with E-state index >= 15 is 0 Å². The molecule has 2 N–H and O–H groups in total. The predicted octanol–water partition coefficient (Wildman–Crippen LogP) is 1.61. The number of hydrogen-bond acceptors (Lipinski definition) is 9. The van der Waals surface area contributed by atoms with Gasteiger partial charge in [-0.25, -0.2) is 4.98 Å². The second kappa shape index (κ2) is 9.09. The number of methoxy groups -OCH3 is 2. The highest BCUT2D eigenvalue weighted by molar-refractivity contribution is 5.93. The molecule has 1 aliphatic rings. The zero-order valence-corrected chi connectivity index (χ0v) is 17.5. The van der Waals surface area contributed by atoms with Crippen LogP contribution in [0.3, 0.4) is 0 Å². The Morgan fingerprint density at radius 3 is 2.55 bits per heavy atom. The number of ether oxygens (including phenoxy) is 2. The van der Waals surface area contributed by atoms with Gasteiger partial charge in [-0.1, -0.05) is 0 Å². The molecule has 0 spiro atoms. The van der Waals surface area contributed by atoms with E-state index in [-0.39, 0.29) is 12.5 Å². The van der Waals surface area contributed by atoms with Gasteiger partial charge in [-0.3, -0.25) is 4.79 Å². The van der Waals surface area contributed by atoms with Gasteiger partial charge in [0.25, 0.3) is 5.91 Å². The molecule has 1 aliphatic heterocycles. The number of aliphatic hydroxyl groups excluding tert-OH is 1. The summed E-state index contributed by atoms with van der Waals surface area (Å²) in [5.74, 6) is 2.51. The first kappa shape index (κ1) is 20.7. The number of anilines is 2. The molecule has 0 unspecified atom stereocenters. The lowest BCUT2D eigenvalue weighted by Crippen LogP contribution is -2.49. The summed E-state index contributed by atoms with van der Waals surface area (Å²) in [6.07, 6.45) is 1.50. The van der Waals surface area contributed by atoms with Crippen molar-refractivity contribution >= 4 is 28.6 Å². The number of hydrogen-bond donors (Lipinski definition) is 2. The zero-order valence-electron chi connectivity index (χ0n) is 17.5. The molecule has 1 aromatic carbocycles. The summed E-state index contributed by atoms with van der Waals surface area (Å²) in [7, 11) is 3.15. The van der Waals surface area contributed by atoms with Crippen molar-refractivity contribution in [1.82, 2.24) is 14.9 Å². The van der Waals surface area contributed by atoms with Crippen molar-refractivity contribution in [3.05, 3.63) is 36.3 Å². The van der Waals surface area contributed by atoms with Gasteiger partial charge in [-0.05, 0) is 18.2 Å². The molecule has 1 amide bonds. The average Bonchev–Trinajstić information content (AvgIpc) is 3.36. The average molecular weight is 427 g/mol. The molecule has 10 nitrogen and oxygen atoms in total. The van der Waals surface area contributed by atoms with Crippen LogP contribution < -0.4 is 19.7 Å². The number of amides is 1. The number of carbonyl (C=O) groups excluding carboxylic acids is 1. The van der Waals surface area contributed by atoms with Crippen molar-refractivity contribution in [2.24, 2.45) is 0 Å². The number of furan rings is 1. The maximum Gasteiger partial charge on any atom is 0.289 e. The first-order valence-electron chi connectivity index (χ1n) is 10.0. The number of nitrogens with zero attached hydrogens (tertiary/aromatic N) is 4. The third kappa shape index (κ3) is 4.19. The van der Waals surface area contributed by atoms with Crippen LogP contribution in [0.5, 0.6) is 11.5 Å². The van der Waals surface area contributed by atoms with E-state index in [2.05, 4.69) is 10.3 Å². The molecule has 4 rings (SSSR count). The van der Waals surface area contributed by atoms with Crippen molar-refractivity contribution < 1.29 is 23.8 Å². The summed E-state index contributed by atoms with van der Waals surface area (Å²) in [5, 5.41) is 13.2. The number of benzene rings is 1. The van der Waals surface area contributed by atoms with Crippen LogP contribution in [0.25, 0.3) is 10.9 Å². The highest BCUT2D eigenvalue weighted by Crippen LogP contribution is 2.35. The Balaban J connectivity index is 1.60. The molecule has 0 bridgehead atoms. The molecule has 0 atom stereocenters. The standard InChI is InChI=1S/C21H25N5O5/c1-29-17-12-14-15(13-18(17)30-2)23-21(24-19(14)22-5-10-27)26-8-6-25(7-9-26)20(28)16-4-3-11-31-16/h3-4,11-13,27H,5-10H2,1-2H3,(H,22,23,24). The SMILES string of the molecule is COc1cc2nc(N3CCN(C(=O)c4ccco4)CC3)nc(NCCO)c2cc1OC. The van der Waals surface area contributed by atoms with Gasteiger partial charge in [0.15, 0.2) is 17.3 Å². The van der Waals surface area contributed by atoms with Crippen LogP contribution in [-0.4, -0.2) is 79.4 Å². The second-order valence-electron chi connectivity index (χ2n) is 7.00. The lowest BCUT2D eigenvalue weighted by Gasteiger charge is -2.34. The van der Waals surface area contributed by atoms with E-state index in [1.807, 2.05) is 11.0 Å². The van der Waals surface area contributed by atoms with Gasteiger partial charge in [-0.15, -0.1) is 0 Å². The van der Waals surface area contributed by atoms with Gasteiger partial charge in [0.05, 0.1) is 32.6 Å². The Morgan fingerprint density at radius 2 is 1.90 bits per heavy atom. The fourth-order valence-corrected chi connectivity index (χ4v) is 3.56. The predicted molar refractivity (Wildman–Crippen MR) is 115 cm³/mol. The van der Waals surface area contributed by atoms with Crippen LogP contribution in [0.4, 0.5) is 11.8 Å². The molecule has 3 aromatic rings. The first-order chi connectivity index (χ1) is 15.1. The topological polar surface area (TPSA) is 113 Å². The molecule has 2 aromatic heterocycles. The minimum atomic E-state index is -0.119. The number of aliphatic hydroxyl groups is 1. The maximum atomic E-state index is 12.5. The Kier molecular flexibility index (Phi) is 6.08. The molecule has 31 heavy (non-hydrogen) atoms. The molecule has 10 heteroatoms. The van der Waals surface area contributed by atoms with Gasteiger partial charge in [0.1, 0.15) is 5.82 Å². The van der Waals surface area contributed by atoms with Crippen LogP contribution >= 0.6 is 0 Å². The van der Waals surface area contributed by atoms with Crippen LogP contribution in [0.1, 0.15) is 10.6 Å². The van der Waals surface area contributed by atoms with Crippen molar-refractivity contribution in [3.8, 4) is 11.5 Å². The third-order valence-electron chi connectivity index (χ3n) is 5.18. The summed E-state index contributed by atoms with van der Waals surface area (Å²) in [5.41, 5.74) is 0.692. The van der Waals surface area contributed by atoms with E-state index in [9.17, 15) is 9.90 Å². The highest BCUT2D eigenvalue weighted by atomic mass is 16.5. The van der Waals surface area contributed by atoms with Crippen molar-refractivity contribution in [3.63, 3.8) is 0 Å². The van der Waals surface area contributed by atoms with Gasteiger partial charge in [0, 0.05) is 44.2 Å². The third-order valence-corrected chi connectivity index (χ3v) is 5.18. The Morgan fingerprint density at radius 1 is 1.16 bits per heavy atom. The maximum absolute atomic E-state index is 12.5. The van der Waals surface area contributed by atoms with Gasteiger partial charge in [0.2, 0.25) is 5.95 Å². The number of rotatable bonds is 7. The van der Waals surface area contributed by atoms with Crippen LogP contribution in [0.15, 0.2) is 34.9 Å². The smallest absolute Gasteiger partial charge is 0.289 e. The fraction of sp³-hybridized carbons (Fsp3) is 0.381. The van der Waals surface area contributed by atoms with Crippen LogP contribution in [-0.2, 0) is 0 Å². The number of fused-ring (bicyclic) bond motifs is 1. The number of carbonyl (C=O) groups is 1. The van der Waals surface area contributed by atoms with Gasteiger partial charge < -0.3 is 34.1 Å². The number of piperazine rings is 1. The quantitative estimate of drug-likeness (QED) is 0.580. The Bertz CT molecular complexity index is 1050.